The Bertz CT molecular complexity index is 597. The summed E-state index contributed by atoms with van der Waals surface area (Å²) in [6.45, 7) is 3.88. The maximum Gasteiger partial charge on any atom is 0.239 e. The van der Waals surface area contributed by atoms with E-state index in [0.717, 1.165) is 29.8 Å². The first kappa shape index (κ1) is 17.0. The van der Waals surface area contributed by atoms with Crippen LogP contribution in [-0.2, 0) is 17.8 Å². The molecule has 0 bridgehead atoms. The van der Waals surface area contributed by atoms with Gasteiger partial charge in [-0.1, -0.05) is 42.5 Å². The highest BCUT2D eigenvalue weighted by Crippen LogP contribution is 2.12. The zero-order valence-corrected chi connectivity index (χ0v) is 13.5. The molecule has 0 spiro atoms. The maximum absolute atomic E-state index is 12.1. The number of hydrogen-bond donors (Lipinski definition) is 2. The lowest BCUT2D eigenvalue weighted by Crippen LogP contribution is -2.38. The van der Waals surface area contributed by atoms with Gasteiger partial charge >= 0.3 is 0 Å². The van der Waals surface area contributed by atoms with E-state index in [1.807, 2.05) is 66.4 Å². The summed E-state index contributed by atoms with van der Waals surface area (Å²) in [6.07, 6.45) is 0.787. The number of carbonyl (C=O) groups is 1. The molecule has 2 aromatic rings. The summed E-state index contributed by atoms with van der Waals surface area (Å²) in [7, 11) is 0. The van der Waals surface area contributed by atoms with Crippen LogP contribution in [0.25, 0.3) is 0 Å². The van der Waals surface area contributed by atoms with Crippen LogP contribution < -0.4 is 10.2 Å². The normalized spacial score (nSPS) is 10.3. The van der Waals surface area contributed by atoms with Crippen molar-refractivity contribution in [2.75, 3.05) is 24.5 Å². The van der Waals surface area contributed by atoms with E-state index in [0.29, 0.717) is 13.1 Å². The van der Waals surface area contributed by atoms with Crippen molar-refractivity contribution in [2.24, 2.45) is 0 Å². The SMILES string of the molecule is CCN(CC(=O)NCCc1ccc(CO)cc1)c1ccccc1. The molecule has 0 fully saturated rings. The summed E-state index contributed by atoms with van der Waals surface area (Å²) in [6, 6.07) is 17.7. The topological polar surface area (TPSA) is 52.6 Å². The van der Waals surface area contributed by atoms with Crippen molar-refractivity contribution in [3.63, 3.8) is 0 Å². The molecule has 0 aliphatic rings. The minimum atomic E-state index is 0.0303. The minimum Gasteiger partial charge on any atom is -0.392 e. The zero-order chi connectivity index (χ0) is 16.5. The van der Waals surface area contributed by atoms with Crippen molar-refractivity contribution < 1.29 is 9.90 Å². The number of para-hydroxylation sites is 1. The summed E-state index contributed by atoms with van der Waals surface area (Å²) in [5.74, 6) is 0.0303. The molecule has 0 aliphatic heterocycles. The number of nitrogens with one attached hydrogen (secondary N) is 1. The predicted molar refractivity (Wildman–Crippen MR) is 93.4 cm³/mol. The maximum atomic E-state index is 12.1. The second-order valence-electron chi connectivity index (χ2n) is 5.42. The molecule has 0 unspecified atom stereocenters. The Morgan fingerprint density at radius 3 is 2.30 bits per heavy atom. The van der Waals surface area contributed by atoms with Crippen LogP contribution >= 0.6 is 0 Å². The number of aliphatic hydroxyl groups is 1. The lowest BCUT2D eigenvalue weighted by atomic mass is 10.1. The molecule has 122 valence electrons. The quantitative estimate of drug-likeness (QED) is 0.787. The van der Waals surface area contributed by atoms with Crippen molar-refractivity contribution >= 4 is 11.6 Å². The van der Waals surface area contributed by atoms with Crippen molar-refractivity contribution in [1.29, 1.82) is 0 Å². The van der Waals surface area contributed by atoms with Crippen LogP contribution in [0.15, 0.2) is 54.6 Å². The number of hydrogen-bond acceptors (Lipinski definition) is 3. The number of nitrogens with zero attached hydrogens (tertiary/aromatic N) is 1. The second-order valence-corrected chi connectivity index (χ2v) is 5.42. The molecule has 4 heteroatoms. The molecule has 0 heterocycles. The summed E-state index contributed by atoms with van der Waals surface area (Å²) in [5, 5.41) is 12.0. The molecule has 4 nitrogen and oxygen atoms in total. The first-order chi connectivity index (χ1) is 11.2. The van der Waals surface area contributed by atoms with Gasteiger partial charge in [-0.2, -0.15) is 0 Å². The number of anilines is 1. The third-order valence-electron chi connectivity index (χ3n) is 3.78. The van der Waals surface area contributed by atoms with E-state index in [1.165, 1.54) is 0 Å². The summed E-state index contributed by atoms with van der Waals surface area (Å²) in [4.78, 5) is 14.1. The van der Waals surface area contributed by atoms with Crippen LogP contribution in [0.2, 0.25) is 0 Å². The van der Waals surface area contributed by atoms with Gasteiger partial charge in [-0.3, -0.25) is 4.79 Å². The van der Waals surface area contributed by atoms with Crippen molar-refractivity contribution in [3.8, 4) is 0 Å². The molecule has 0 aromatic heterocycles. The van der Waals surface area contributed by atoms with Crippen molar-refractivity contribution in [2.45, 2.75) is 20.0 Å². The van der Waals surface area contributed by atoms with Gasteiger partial charge in [-0.05, 0) is 36.6 Å². The van der Waals surface area contributed by atoms with Gasteiger partial charge in [0.15, 0.2) is 0 Å². The van der Waals surface area contributed by atoms with Gasteiger partial charge in [0.05, 0.1) is 13.2 Å². The summed E-state index contributed by atoms with van der Waals surface area (Å²) >= 11 is 0. The average Bonchev–Trinajstić information content (AvgIpc) is 2.61. The molecule has 2 aromatic carbocycles. The Morgan fingerprint density at radius 1 is 1.04 bits per heavy atom. The van der Waals surface area contributed by atoms with E-state index in [-0.39, 0.29) is 12.5 Å². The zero-order valence-electron chi connectivity index (χ0n) is 13.5. The Hall–Kier alpha value is -2.33. The van der Waals surface area contributed by atoms with E-state index < -0.39 is 0 Å². The van der Waals surface area contributed by atoms with E-state index in [1.54, 1.807) is 0 Å². The van der Waals surface area contributed by atoms with Crippen molar-refractivity contribution in [1.82, 2.24) is 5.32 Å². The van der Waals surface area contributed by atoms with Crippen LogP contribution in [0, 0.1) is 0 Å². The van der Waals surface area contributed by atoms with E-state index >= 15 is 0 Å². The van der Waals surface area contributed by atoms with Crippen LogP contribution in [0.1, 0.15) is 18.1 Å². The number of likely N-dealkylation sites (N-methyl/N-ethyl adjacent to an activating group) is 1. The number of carbonyl (C=O) groups excluding carboxylic acids is 1. The van der Waals surface area contributed by atoms with E-state index in [4.69, 9.17) is 5.11 Å². The second kappa shape index (κ2) is 8.96. The fourth-order valence-electron chi connectivity index (χ4n) is 2.41. The highest BCUT2D eigenvalue weighted by Gasteiger charge is 2.09. The molecule has 0 saturated heterocycles. The Balaban J connectivity index is 1.77. The van der Waals surface area contributed by atoms with Crippen molar-refractivity contribution in [3.05, 3.63) is 65.7 Å². The average molecular weight is 312 g/mol. The fourth-order valence-corrected chi connectivity index (χ4v) is 2.41. The third kappa shape index (κ3) is 5.42. The molecule has 2 rings (SSSR count). The molecule has 23 heavy (non-hydrogen) atoms. The molecular formula is C19H24N2O2. The summed E-state index contributed by atoms with van der Waals surface area (Å²) in [5.41, 5.74) is 3.11. The monoisotopic (exact) mass is 312 g/mol. The number of aliphatic hydroxyl groups excluding tert-OH is 1. The lowest BCUT2D eigenvalue weighted by Gasteiger charge is -2.22. The Kier molecular flexibility index (Phi) is 6.63. The Morgan fingerprint density at radius 2 is 1.70 bits per heavy atom. The van der Waals surface area contributed by atoms with Crippen LogP contribution in [-0.4, -0.2) is 30.6 Å². The van der Waals surface area contributed by atoms with Crippen LogP contribution in [0.5, 0.6) is 0 Å². The standard InChI is InChI=1S/C19H24N2O2/c1-2-21(18-6-4-3-5-7-18)14-19(23)20-13-12-16-8-10-17(15-22)11-9-16/h3-11,22H,2,12-15H2,1H3,(H,20,23). The summed E-state index contributed by atoms with van der Waals surface area (Å²) < 4.78 is 0. The van der Waals surface area contributed by atoms with Gasteiger partial charge < -0.3 is 15.3 Å². The van der Waals surface area contributed by atoms with Gasteiger partial charge in [-0.25, -0.2) is 0 Å². The molecule has 0 radical (unpaired) electrons. The highest BCUT2D eigenvalue weighted by molar-refractivity contribution is 5.81. The first-order valence-electron chi connectivity index (χ1n) is 7.98. The van der Waals surface area contributed by atoms with Crippen LogP contribution in [0.4, 0.5) is 5.69 Å². The molecule has 0 saturated carbocycles. The van der Waals surface area contributed by atoms with Crippen LogP contribution in [0.3, 0.4) is 0 Å². The molecule has 0 atom stereocenters. The molecule has 0 aliphatic carbocycles. The number of amides is 1. The molecular weight excluding hydrogens is 288 g/mol. The van der Waals surface area contributed by atoms with E-state index in [9.17, 15) is 4.79 Å². The Labute approximate surface area is 137 Å². The highest BCUT2D eigenvalue weighted by atomic mass is 16.3. The van der Waals surface area contributed by atoms with Gasteiger partial charge in [0.2, 0.25) is 5.91 Å². The van der Waals surface area contributed by atoms with Gasteiger partial charge in [0, 0.05) is 18.8 Å². The third-order valence-corrected chi connectivity index (χ3v) is 3.78. The lowest BCUT2D eigenvalue weighted by molar-refractivity contribution is -0.119. The largest absolute Gasteiger partial charge is 0.392 e. The van der Waals surface area contributed by atoms with Gasteiger partial charge in [0.25, 0.3) is 0 Å². The fraction of sp³-hybridized carbons (Fsp3) is 0.316. The first-order valence-corrected chi connectivity index (χ1v) is 7.98. The van der Waals surface area contributed by atoms with E-state index in [2.05, 4.69) is 5.32 Å². The predicted octanol–water partition coefficient (Wildman–Crippen LogP) is 2.36. The molecule has 2 N–H and O–H groups in total. The van der Waals surface area contributed by atoms with Gasteiger partial charge in [-0.15, -0.1) is 0 Å². The molecule has 1 amide bonds. The smallest absolute Gasteiger partial charge is 0.239 e. The minimum absolute atomic E-state index is 0.0303. The number of rotatable bonds is 8. The van der Waals surface area contributed by atoms with Gasteiger partial charge in [0.1, 0.15) is 0 Å². The number of benzene rings is 2.